The number of rotatable bonds is 0. The van der Waals surface area contributed by atoms with Crippen LogP contribution in [-0.2, 0) is 37.1 Å². The summed E-state index contributed by atoms with van der Waals surface area (Å²) in [5.41, 5.74) is 0. The Morgan fingerprint density at radius 2 is 0.500 bits per heavy atom. The quantitative estimate of drug-likeness (QED) is 0.429. The predicted molar refractivity (Wildman–Crippen MR) is 12.8 cm³/mol. The Hall–Kier alpha value is 1.17. The molecular weight excluding hydrogens is 126 g/mol. The predicted octanol–water partition coefficient (Wildman–Crippen LogP) is 0.896. The molecule has 0 rings (SSSR count). The maximum absolute atomic E-state index is 0. The molecule has 0 aromatic heterocycles. The van der Waals surface area contributed by atoms with Gasteiger partial charge in [0.05, 0.1) is 0 Å². The van der Waals surface area contributed by atoms with Gasteiger partial charge in [0.1, 0.15) is 0 Å². The van der Waals surface area contributed by atoms with E-state index >= 15 is 0 Å². The standard InChI is InChI=1S/2CH3.2V/h2*1H3;;/q2*-1;;. The Kier molecular flexibility index (Phi) is 504. The minimum Gasteiger partial charge on any atom is -0.358 e. The maximum Gasteiger partial charge on any atom is 0 e. The molecule has 0 unspecified atom stereocenters. The summed E-state index contributed by atoms with van der Waals surface area (Å²) in [5, 5.41) is 0. The zero-order valence-electron chi connectivity index (χ0n) is 2.89. The second kappa shape index (κ2) is 30.6. The van der Waals surface area contributed by atoms with Crippen molar-refractivity contribution in [1.29, 1.82) is 0 Å². The summed E-state index contributed by atoms with van der Waals surface area (Å²) in [7, 11) is 0. The summed E-state index contributed by atoms with van der Waals surface area (Å²) in [6, 6.07) is 0. The van der Waals surface area contributed by atoms with E-state index in [1.165, 1.54) is 0 Å². The van der Waals surface area contributed by atoms with Gasteiger partial charge in [-0.3, -0.25) is 0 Å². The first-order valence-corrected chi connectivity index (χ1v) is 0. The van der Waals surface area contributed by atoms with Crippen LogP contribution in [0.1, 0.15) is 0 Å². The second-order valence-corrected chi connectivity index (χ2v) is 0. The van der Waals surface area contributed by atoms with E-state index in [4.69, 9.17) is 0 Å². The minimum absolute atomic E-state index is 0. The van der Waals surface area contributed by atoms with Crippen LogP contribution >= 0.6 is 0 Å². The van der Waals surface area contributed by atoms with Gasteiger partial charge in [0.15, 0.2) is 0 Å². The van der Waals surface area contributed by atoms with Gasteiger partial charge in [0.25, 0.3) is 0 Å². The molecule has 0 amide bonds. The third-order valence-electron chi connectivity index (χ3n) is 0. The topological polar surface area (TPSA) is 0 Å². The monoisotopic (exact) mass is 132 g/mol. The molecule has 0 N–H and O–H groups in total. The molecule has 0 aliphatic rings. The summed E-state index contributed by atoms with van der Waals surface area (Å²) < 4.78 is 0. The van der Waals surface area contributed by atoms with E-state index in [1.54, 1.807) is 0 Å². The Labute approximate surface area is 52.1 Å². The molecular formula is C2H6V2-2. The second-order valence-electron chi connectivity index (χ2n) is 0. The fraction of sp³-hybridized carbons (Fsp3) is 0. The van der Waals surface area contributed by atoms with E-state index in [0.29, 0.717) is 0 Å². The van der Waals surface area contributed by atoms with Crippen molar-refractivity contribution in [1.82, 2.24) is 0 Å². The SMILES string of the molecule is [CH3-].[CH3-].[V].[V]. The molecule has 2 heteroatoms. The largest absolute Gasteiger partial charge is 0.358 e. The summed E-state index contributed by atoms with van der Waals surface area (Å²) in [5.74, 6) is 0. The van der Waals surface area contributed by atoms with Crippen LogP contribution < -0.4 is 0 Å². The van der Waals surface area contributed by atoms with Gasteiger partial charge in [0.2, 0.25) is 0 Å². The third-order valence-corrected chi connectivity index (χ3v) is 0. The number of hydrogen-bond acceptors (Lipinski definition) is 0. The van der Waals surface area contributed by atoms with Gasteiger partial charge in [0, 0.05) is 37.1 Å². The van der Waals surface area contributed by atoms with Crippen LogP contribution in [0.3, 0.4) is 0 Å². The molecule has 0 aromatic carbocycles. The Morgan fingerprint density at radius 1 is 0.500 bits per heavy atom. The van der Waals surface area contributed by atoms with Gasteiger partial charge in [-0.2, -0.15) is 0 Å². The Balaban J connectivity index is 0. The normalized spacial score (nSPS) is 0. The van der Waals surface area contributed by atoms with E-state index in [9.17, 15) is 0 Å². The van der Waals surface area contributed by atoms with Crippen molar-refractivity contribution < 1.29 is 37.1 Å². The van der Waals surface area contributed by atoms with Crippen molar-refractivity contribution in [3.63, 3.8) is 0 Å². The zero-order valence-corrected chi connectivity index (χ0v) is 5.69. The molecule has 26 valence electrons. The maximum atomic E-state index is 0. The first-order chi connectivity index (χ1) is 0. The van der Waals surface area contributed by atoms with Crippen LogP contribution in [0.15, 0.2) is 0 Å². The Morgan fingerprint density at radius 3 is 0.500 bits per heavy atom. The first kappa shape index (κ1) is 65.8. The molecule has 0 saturated carbocycles. The van der Waals surface area contributed by atoms with Crippen molar-refractivity contribution in [2.45, 2.75) is 0 Å². The molecule has 4 heavy (non-hydrogen) atoms. The van der Waals surface area contributed by atoms with Gasteiger partial charge in [-0.25, -0.2) is 0 Å². The van der Waals surface area contributed by atoms with Crippen molar-refractivity contribution >= 4 is 0 Å². The fourth-order valence-electron chi connectivity index (χ4n) is 0. The van der Waals surface area contributed by atoms with Gasteiger partial charge >= 0.3 is 0 Å². The minimum atomic E-state index is 0. The average molecular weight is 132 g/mol. The van der Waals surface area contributed by atoms with E-state index < -0.39 is 0 Å². The van der Waals surface area contributed by atoms with E-state index in [-0.39, 0.29) is 52.0 Å². The Bertz CT molecular complexity index is 4.00. The zero-order chi connectivity index (χ0) is 0. The number of hydrogen-bond donors (Lipinski definition) is 0. The average Bonchev–Trinajstić information content (AvgIpc) is 0. The molecule has 0 aliphatic heterocycles. The van der Waals surface area contributed by atoms with Crippen molar-refractivity contribution in [2.75, 3.05) is 0 Å². The molecule has 0 fully saturated rings. The fourth-order valence-corrected chi connectivity index (χ4v) is 0. The van der Waals surface area contributed by atoms with E-state index in [0.717, 1.165) is 0 Å². The van der Waals surface area contributed by atoms with Crippen LogP contribution in [0, 0.1) is 14.9 Å². The van der Waals surface area contributed by atoms with Crippen molar-refractivity contribution in [3.05, 3.63) is 14.9 Å². The summed E-state index contributed by atoms with van der Waals surface area (Å²) >= 11 is 0. The van der Waals surface area contributed by atoms with Crippen LogP contribution in [0.2, 0.25) is 0 Å². The van der Waals surface area contributed by atoms with Gasteiger partial charge < -0.3 is 14.9 Å². The van der Waals surface area contributed by atoms with E-state index in [2.05, 4.69) is 0 Å². The summed E-state index contributed by atoms with van der Waals surface area (Å²) in [6.45, 7) is 0. The summed E-state index contributed by atoms with van der Waals surface area (Å²) in [6.07, 6.45) is 0. The molecule has 0 aromatic rings. The molecule has 0 saturated heterocycles. The van der Waals surface area contributed by atoms with Gasteiger partial charge in [-0.05, 0) is 0 Å². The van der Waals surface area contributed by atoms with Crippen LogP contribution in [0.25, 0.3) is 0 Å². The molecule has 0 spiro atoms. The van der Waals surface area contributed by atoms with Gasteiger partial charge in [-0.1, -0.05) is 0 Å². The third kappa shape index (κ3) is 10.9. The van der Waals surface area contributed by atoms with Crippen LogP contribution in [0.5, 0.6) is 0 Å². The van der Waals surface area contributed by atoms with Gasteiger partial charge in [-0.15, -0.1) is 0 Å². The van der Waals surface area contributed by atoms with Crippen molar-refractivity contribution in [2.24, 2.45) is 0 Å². The molecule has 0 nitrogen and oxygen atoms in total. The molecule has 0 heterocycles. The molecule has 0 bridgehead atoms. The van der Waals surface area contributed by atoms with E-state index in [1.807, 2.05) is 0 Å². The van der Waals surface area contributed by atoms with Crippen LogP contribution in [-0.4, -0.2) is 0 Å². The smallest absolute Gasteiger partial charge is 0 e. The van der Waals surface area contributed by atoms with Crippen molar-refractivity contribution in [3.8, 4) is 0 Å². The first-order valence-electron chi connectivity index (χ1n) is 0. The van der Waals surface area contributed by atoms with Crippen LogP contribution in [0.4, 0.5) is 0 Å². The molecule has 0 aliphatic carbocycles. The molecule has 2 radical (unpaired) electrons. The molecule has 0 atom stereocenters. The summed E-state index contributed by atoms with van der Waals surface area (Å²) in [4.78, 5) is 0.